The maximum atomic E-state index is 12.5. The van der Waals surface area contributed by atoms with Crippen molar-refractivity contribution in [3.63, 3.8) is 0 Å². The van der Waals surface area contributed by atoms with Crippen molar-refractivity contribution in [1.82, 2.24) is 9.88 Å². The highest BCUT2D eigenvalue weighted by molar-refractivity contribution is 6.32. The lowest BCUT2D eigenvalue weighted by atomic mass is 10.2. The Bertz CT molecular complexity index is 873. The van der Waals surface area contributed by atoms with Gasteiger partial charge in [0.2, 0.25) is 0 Å². The summed E-state index contributed by atoms with van der Waals surface area (Å²) in [5, 5.41) is 1.61. The summed E-state index contributed by atoms with van der Waals surface area (Å²) in [6, 6.07) is 15.3. The van der Waals surface area contributed by atoms with E-state index in [9.17, 15) is 4.79 Å². The zero-order chi connectivity index (χ0) is 17.1. The molecule has 0 aliphatic rings. The molecule has 2 aromatic carbocycles. The van der Waals surface area contributed by atoms with Crippen LogP contribution in [0.2, 0.25) is 5.02 Å². The molecule has 0 aliphatic carbocycles. The maximum Gasteiger partial charge on any atom is 0.270 e. The molecule has 1 amide bonds. The first-order chi connectivity index (χ1) is 11.5. The molecule has 0 saturated heterocycles. The van der Waals surface area contributed by atoms with Crippen molar-refractivity contribution in [2.24, 2.45) is 0 Å². The van der Waals surface area contributed by atoms with Crippen LogP contribution in [0.3, 0.4) is 0 Å². The van der Waals surface area contributed by atoms with E-state index in [1.54, 1.807) is 18.0 Å². The van der Waals surface area contributed by atoms with Crippen LogP contribution in [0.4, 0.5) is 0 Å². The van der Waals surface area contributed by atoms with Gasteiger partial charge in [0.15, 0.2) is 0 Å². The van der Waals surface area contributed by atoms with Gasteiger partial charge in [-0.1, -0.05) is 35.4 Å². The molecule has 4 nitrogen and oxygen atoms in total. The summed E-state index contributed by atoms with van der Waals surface area (Å²) in [5.41, 5.74) is 2.71. The quantitative estimate of drug-likeness (QED) is 0.752. The summed E-state index contributed by atoms with van der Waals surface area (Å²) >= 11 is 6.05. The first kappa shape index (κ1) is 16.4. The van der Waals surface area contributed by atoms with E-state index in [2.05, 4.69) is 11.1 Å². The van der Waals surface area contributed by atoms with Gasteiger partial charge in [0.05, 0.1) is 11.6 Å². The highest BCUT2D eigenvalue weighted by Gasteiger charge is 2.14. The molecule has 3 aromatic rings. The van der Waals surface area contributed by atoms with Crippen LogP contribution in [0, 0.1) is 6.92 Å². The van der Waals surface area contributed by atoms with Crippen LogP contribution in [-0.4, -0.2) is 36.0 Å². The average molecular weight is 343 g/mol. The van der Waals surface area contributed by atoms with Gasteiger partial charge >= 0.3 is 0 Å². The summed E-state index contributed by atoms with van der Waals surface area (Å²) < 4.78 is 5.63. The fourth-order valence-electron chi connectivity index (χ4n) is 2.53. The van der Waals surface area contributed by atoms with Crippen LogP contribution in [0.25, 0.3) is 10.9 Å². The monoisotopic (exact) mass is 342 g/mol. The molecule has 124 valence electrons. The van der Waals surface area contributed by atoms with Gasteiger partial charge in [-0.05, 0) is 37.3 Å². The number of nitrogens with zero attached hydrogens (tertiary/aromatic N) is 1. The predicted molar refractivity (Wildman–Crippen MR) is 96.9 cm³/mol. The second-order valence-corrected chi connectivity index (χ2v) is 6.19. The van der Waals surface area contributed by atoms with E-state index in [-0.39, 0.29) is 5.91 Å². The van der Waals surface area contributed by atoms with Crippen molar-refractivity contribution in [2.75, 3.05) is 20.2 Å². The van der Waals surface area contributed by atoms with Crippen LogP contribution in [-0.2, 0) is 0 Å². The molecule has 0 atom stereocenters. The van der Waals surface area contributed by atoms with E-state index in [0.717, 1.165) is 10.9 Å². The molecular formula is C19H19ClN2O2. The first-order valence-corrected chi connectivity index (χ1v) is 8.14. The number of likely N-dealkylation sites (N-methyl/N-ethyl adjacent to an activating group) is 1. The number of hydrogen-bond donors (Lipinski definition) is 1. The Morgan fingerprint density at radius 1 is 1.21 bits per heavy atom. The van der Waals surface area contributed by atoms with E-state index < -0.39 is 0 Å². The average Bonchev–Trinajstić information content (AvgIpc) is 2.98. The standard InChI is InChI=1S/C19H19ClN2O2/c1-13-7-8-16-14(11-13)12-17(21-16)19(23)22(2)9-10-24-18-6-4-3-5-15(18)20/h3-8,11-12,21H,9-10H2,1-2H3. The molecule has 0 bridgehead atoms. The molecule has 24 heavy (non-hydrogen) atoms. The number of hydrogen-bond acceptors (Lipinski definition) is 2. The lowest BCUT2D eigenvalue weighted by Crippen LogP contribution is -2.31. The second kappa shape index (κ2) is 6.97. The van der Waals surface area contributed by atoms with Crippen molar-refractivity contribution in [3.8, 4) is 5.75 Å². The third kappa shape index (κ3) is 3.54. The number of rotatable bonds is 5. The van der Waals surface area contributed by atoms with Gasteiger partial charge in [0.25, 0.3) is 5.91 Å². The van der Waals surface area contributed by atoms with E-state index in [1.165, 1.54) is 5.56 Å². The molecule has 0 unspecified atom stereocenters. The number of para-hydroxylation sites is 1. The summed E-state index contributed by atoms with van der Waals surface area (Å²) in [6.45, 7) is 2.88. The van der Waals surface area contributed by atoms with Crippen molar-refractivity contribution in [2.45, 2.75) is 6.92 Å². The first-order valence-electron chi connectivity index (χ1n) is 7.77. The second-order valence-electron chi connectivity index (χ2n) is 5.78. The van der Waals surface area contributed by atoms with Crippen molar-refractivity contribution in [1.29, 1.82) is 0 Å². The van der Waals surface area contributed by atoms with Gasteiger partial charge in [-0.25, -0.2) is 0 Å². The number of aromatic nitrogens is 1. The molecule has 0 fully saturated rings. The van der Waals surface area contributed by atoms with Gasteiger partial charge in [-0.15, -0.1) is 0 Å². The molecule has 0 spiro atoms. The smallest absolute Gasteiger partial charge is 0.270 e. The van der Waals surface area contributed by atoms with E-state index in [1.807, 2.05) is 43.3 Å². The number of halogens is 1. The summed E-state index contributed by atoms with van der Waals surface area (Å²) in [6.07, 6.45) is 0. The fourth-order valence-corrected chi connectivity index (χ4v) is 2.72. The van der Waals surface area contributed by atoms with Gasteiger partial charge in [0.1, 0.15) is 18.1 Å². The number of ether oxygens (including phenoxy) is 1. The van der Waals surface area contributed by atoms with Gasteiger partial charge in [-0.3, -0.25) is 4.79 Å². The molecule has 5 heteroatoms. The largest absolute Gasteiger partial charge is 0.490 e. The fraction of sp³-hybridized carbons (Fsp3) is 0.211. The van der Waals surface area contributed by atoms with Gasteiger partial charge in [0, 0.05) is 18.0 Å². The normalized spacial score (nSPS) is 10.8. The van der Waals surface area contributed by atoms with Gasteiger partial charge in [-0.2, -0.15) is 0 Å². The number of carbonyl (C=O) groups excluding carboxylic acids is 1. The van der Waals surface area contributed by atoms with Crippen LogP contribution < -0.4 is 4.74 Å². The zero-order valence-corrected chi connectivity index (χ0v) is 14.4. The number of fused-ring (bicyclic) bond motifs is 1. The Balaban J connectivity index is 1.62. The number of aryl methyl sites for hydroxylation is 1. The molecule has 3 rings (SSSR count). The van der Waals surface area contributed by atoms with Crippen molar-refractivity contribution in [3.05, 3.63) is 64.8 Å². The Kier molecular flexibility index (Phi) is 4.76. The van der Waals surface area contributed by atoms with Gasteiger partial charge < -0.3 is 14.6 Å². The number of benzene rings is 2. The molecule has 1 aromatic heterocycles. The van der Waals surface area contributed by atoms with Crippen LogP contribution in [0.1, 0.15) is 16.1 Å². The maximum absolute atomic E-state index is 12.5. The Morgan fingerprint density at radius 2 is 2.00 bits per heavy atom. The van der Waals surface area contributed by atoms with Crippen LogP contribution in [0.15, 0.2) is 48.5 Å². The highest BCUT2D eigenvalue weighted by atomic mass is 35.5. The predicted octanol–water partition coefficient (Wildman–Crippen LogP) is 4.28. The zero-order valence-electron chi connectivity index (χ0n) is 13.7. The Hall–Kier alpha value is -2.46. The summed E-state index contributed by atoms with van der Waals surface area (Å²) in [7, 11) is 1.76. The number of amides is 1. The molecule has 0 radical (unpaired) electrons. The minimum absolute atomic E-state index is 0.0633. The van der Waals surface area contributed by atoms with E-state index in [0.29, 0.717) is 29.6 Å². The van der Waals surface area contributed by atoms with Crippen LogP contribution in [0.5, 0.6) is 5.75 Å². The summed E-state index contributed by atoms with van der Waals surface area (Å²) in [4.78, 5) is 17.3. The Morgan fingerprint density at radius 3 is 2.79 bits per heavy atom. The third-order valence-corrected chi connectivity index (χ3v) is 4.19. The SMILES string of the molecule is Cc1ccc2[nH]c(C(=O)N(C)CCOc3ccccc3Cl)cc2c1. The molecule has 1 heterocycles. The molecule has 0 saturated carbocycles. The number of nitrogens with one attached hydrogen (secondary N) is 1. The third-order valence-electron chi connectivity index (χ3n) is 3.87. The highest BCUT2D eigenvalue weighted by Crippen LogP contribution is 2.23. The number of aromatic amines is 1. The molecular weight excluding hydrogens is 324 g/mol. The summed E-state index contributed by atoms with van der Waals surface area (Å²) in [5.74, 6) is 0.563. The van der Waals surface area contributed by atoms with E-state index in [4.69, 9.17) is 16.3 Å². The van der Waals surface area contributed by atoms with Crippen LogP contribution >= 0.6 is 11.6 Å². The Labute approximate surface area is 146 Å². The number of H-pyrrole nitrogens is 1. The van der Waals surface area contributed by atoms with Crippen molar-refractivity contribution < 1.29 is 9.53 Å². The lowest BCUT2D eigenvalue weighted by Gasteiger charge is -2.17. The minimum atomic E-state index is -0.0633. The molecule has 0 aliphatic heterocycles. The minimum Gasteiger partial charge on any atom is -0.490 e. The topological polar surface area (TPSA) is 45.3 Å². The molecule has 1 N–H and O–H groups in total. The lowest BCUT2D eigenvalue weighted by molar-refractivity contribution is 0.0769. The van der Waals surface area contributed by atoms with E-state index >= 15 is 0 Å². The van der Waals surface area contributed by atoms with Crippen molar-refractivity contribution >= 4 is 28.4 Å². The number of carbonyl (C=O) groups is 1.